The van der Waals surface area contributed by atoms with Crippen LogP contribution in [0.15, 0.2) is 42.9 Å². The van der Waals surface area contributed by atoms with E-state index in [4.69, 9.17) is 19.3 Å². The van der Waals surface area contributed by atoms with E-state index in [1.54, 1.807) is 7.11 Å². The molecule has 194 valence electrons. The number of nitrogens with zero attached hydrogens (tertiary/aromatic N) is 4. The molecule has 2 aliphatic rings. The van der Waals surface area contributed by atoms with Gasteiger partial charge in [-0.15, -0.1) is 0 Å². The fraction of sp³-hybridized carbons (Fsp3) is 0.571. The Labute approximate surface area is 213 Å². The van der Waals surface area contributed by atoms with Crippen LogP contribution in [0.4, 0.5) is 0 Å². The molecule has 1 atom stereocenters. The second-order valence-corrected chi connectivity index (χ2v) is 11.4. The molecule has 3 aromatic rings. The zero-order chi connectivity index (χ0) is 25.3. The van der Waals surface area contributed by atoms with Crippen LogP contribution in [0, 0.1) is 0 Å². The zero-order valence-electron chi connectivity index (χ0n) is 22.2. The Morgan fingerprint density at radius 1 is 1.06 bits per heavy atom. The monoisotopic (exact) mass is 493 g/mol. The minimum absolute atomic E-state index is 0.0174. The Morgan fingerprint density at radius 2 is 1.86 bits per heavy atom. The molecule has 2 fully saturated rings. The summed E-state index contributed by atoms with van der Waals surface area (Å²) in [6, 6.07) is 8.69. The summed E-state index contributed by atoms with van der Waals surface area (Å²) in [5.74, 6) is 0.769. The number of hydrogen-bond acceptors (Lipinski definition) is 6. The predicted octanol–water partition coefficient (Wildman–Crippen LogP) is 5.58. The van der Waals surface area contributed by atoms with Crippen molar-refractivity contribution in [2.45, 2.75) is 83.1 Å². The summed E-state index contributed by atoms with van der Waals surface area (Å²) in [5.41, 5.74) is 4.19. The summed E-state index contributed by atoms with van der Waals surface area (Å²) in [6.07, 6.45) is 11.2. The average Bonchev–Trinajstić information content (AvgIpc) is 3.51. The normalized spacial score (nSPS) is 22.0. The number of hydrogen-bond donors (Lipinski definition) is 1. The van der Waals surface area contributed by atoms with E-state index >= 15 is 0 Å². The van der Waals surface area contributed by atoms with E-state index in [9.17, 15) is 0 Å². The number of methoxy groups -OCH3 is 1. The third kappa shape index (κ3) is 5.36. The lowest BCUT2D eigenvalue weighted by Gasteiger charge is -2.46. The molecule has 4 heterocycles. The van der Waals surface area contributed by atoms with Crippen LogP contribution in [0.1, 0.15) is 72.1 Å². The van der Waals surface area contributed by atoms with Crippen molar-refractivity contribution < 1.29 is 14.2 Å². The standard InChI is InChI=1S/C28H39N5O3/c1-27(2)15-22(16-28(3,4)31-27)33-24(11-12-29-33)23-10-9-20(14-25(23)36-19-34-5)21-17-30-32(18-21)26-8-6-7-13-35-26/h9-12,14,17-18,22,26,31H,6-8,13,15-16,19H2,1-5H3. The van der Waals surface area contributed by atoms with Gasteiger partial charge in [0.25, 0.3) is 0 Å². The van der Waals surface area contributed by atoms with E-state index in [0.29, 0.717) is 0 Å². The summed E-state index contributed by atoms with van der Waals surface area (Å²) >= 11 is 0. The molecule has 8 nitrogen and oxygen atoms in total. The summed E-state index contributed by atoms with van der Waals surface area (Å²) in [7, 11) is 1.64. The first-order valence-corrected chi connectivity index (χ1v) is 13.0. The highest BCUT2D eigenvalue weighted by Gasteiger charge is 2.39. The molecule has 0 spiro atoms. The Balaban J connectivity index is 1.47. The molecule has 5 rings (SSSR count). The minimum atomic E-state index is 0.0174. The molecule has 0 aliphatic carbocycles. The maximum atomic E-state index is 6.09. The molecule has 0 saturated carbocycles. The minimum Gasteiger partial charge on any atom is -0.467 e. The lowest BCUT2D eigenvalue weighted by molar-refractivity contribution is -0.0394. The molecule has 1 N–H and O–H groups in total. The highest BCUT2D eigenvalue weighted by molar-refractivity contribution is 5.74. The van der Waals surface area contributed by atoms with Crippen LogP contribution in [0.3, 0.4) is 0 Å². The predicted molar refractivity (Wildman–Crippen MR) is 140 cm³/mol. The van der Waals surface area contributed by atoms with Crippen molar-refractivity contribution in [3.63, 3.8) is 0 Å². The van der Waals surface area contributed by atoms with Crippen LogP contribution in [-0.4, -0.2) is 51.1 Å². The van der Waals surface area contributed by atoms with Gasteiger partial charge >= 0.3 is 0 Å². The molecule has 2 saturated heterocycles. The molecule has 1 unspecified atom stereocenters. The largest absolute Gasteiger partial charge is 0.467 e. The molecule has 2 aromatic heterocycles. The van der Waals surface area contributed by atoms with Gasteiger partial charge in [-0.3, -0.25) is 4.68 Å². The maximum absolute atomic E-state index is 6.09. The Morgan fingerprint density at radius 3 is 2.58 bits per heavy atom. The molecule has 2 aliphatic heterocycles. The van der Waals surface area contributed by atoms with Crippen LogP contribution in [0.2, 0.25) is 0 Å². The summed E-state index contributed by atoms with van der Waals surface area (Å²) in [4.78, 5) is 0. The van der Waals surface area contributed by atoms with E-state index in [1.165, 1.54) is 6.42 Å². The van der Waals surface area contributed by atoms with Gasteiger partial charge in [0.1, 0.15) is 12.0 Å². The number of aromatic nitrogens is 4. The van der Waals surface area contributed by atoms with Gasteiger partial charge in [0, 0.05) is 48.3 Å². The topological polar surface area (TPSA) is 75.4 Å². The van der Waals surface area contributed by atoms with Crippen LogP contribution < -0.4 is 10.1 Å². The van der Waals surface area contributed by atoms with E-state index in [-0.39, 0.29) is 30.1 Å². The SMILES string of the molecule is COCOc1cc(-c2cnn(C3CCCCO3)c2)ccc1-c1ccnn1C1CC(C)(C)NC(C)(C)C1. The first kappa shape index (κ1) is 25.0. The van der Waals surface area contributed by atoms with E-state index in [0.717, 1.165) is 60.4 Å². The quantitative estimate of drug-likeness (QED) is 0.433. The third-order valence-electron chi connectivity index (χ3n) is 7.16. The van der Waals surface area contributed by atoms with Gasteiger partial charge in [-0.1, -0.05) is 6.07 Å². The van der Waals surface area contributed by atoms with Gasteiger partial charge in [0.15, 0.2) is 6.79 Å². The maximum Gasteiger partial charge on any atom is 0.188 e. The fourth-order valence-corrected chi connectivity index (χ4v) is 5.99. The van der Waals surface area contributed by atoms with Crippen molar-refractivity contribution in [3.8, 4) is 28.1 Å². The van der Waals surface area contributed by atoms with Gasteiger partial charge in [0.05, 0.1) is 17.9 Å². The van der Waals surface area contributed by atoms with Gasteiger partial charge in [0.2, 0.25) is 0 Å². The first-order chi connectivity index (χ1) is 17.2. The highest BCUT2D eigenvalue weighted by Crippen LogP contribution is 2.40. The zero-order valence-corrected chi connectivity index (χ0v) is 22.2. The van der Waals surface area contributed by atoms with Crippen molar-refractivity contribution >= 4 is 0 Å². The average molecular weight is 494 g/mol. The third-order valence-corrected chi connectivity index (χ3v) is 7.16. The number of rotatable bonds is 7. The van der Waals surface area contributed by atoms with Crippen molar-refractivity contribution in [1.82, 2.24) is 24.9 Å². The van der Waals surface area contributed by atoms with Crippen LogP contribution in [-0.2, 0) is 9.47 Å². The highest BCUT2D eigenvalue weighted by atomic mass is 16.7. The van der Waals surface area contributed by atoms with Crippen molar-refractivity contribution in [1.29, 1.82) is 0 Å². The van der Waals surface area contributed by atoms with Crippen LogP contribution in [0.5, 0.6) is 5.75 Å². The second-order valence-electron chi connectivity index (χ2n) is 11.4. The van der Waals surface area contributed by atoms with Crippen LogP contribution >= 0.6 is 0 Å². The summed E-state index contributed by atoms with van der Waals surface area (Å²) in [5, 5.41) is 13.1. The molecular weight excluding hydrogens is 454 g/mol. The lowest BCUT2D eigenvalue weighted by atomic mass is 9.79. The Kier molecular flexibility index (Phi) is 6.94. The number of benzene rings is 1. The van der Waals surface area contributed by atoms with Gasteiger partial charge in [-0.2, -0.15) is 10.2 Å². The summed E-state index contributed by atoms with van der Waals surface area (Å²) < 4.78 is 21.4. The van der Waals surface area contributed by atoms with Crippen molar-refractivity contribution in [2.24, 2.45) is 0 Å². The van der Waals surface area contributed by atoms with Gasteiger partial charge < -0.3 is 19.5 Å². The Bertz CT molecular complexity index is 1160. The van der Waals surface area contributed by atoms with Crippen molar-refractivity contribution in [3.05, 3.63) is 42.9 Å². The van der Waals surface area contributed by atoms with Crippen LogP contribution in [0.25, 0.3) is 22.4 Å². The molecule has 36 heavy (non-hydrogen) atoms. The molecule has 1 aromatic carbocycles. The summed E-state index contributed by atoms with van der Waals surface area (Å²) in [6.45, 7) is 10.0. The van der Waals surface area contributed by atoms with E-state index in [1.807, 2.05) is 17.1 Å². The van der Waals surface area contributed by atoms with Gasteiger partial charge in [-0.05, 0) is 83.6 Å². The smallest absolute Gasteiger partial charge is 0.188 e. The molecule has 0 amide bonds. The van der Waals surface area contributed by atoms with E-state index < -0.39 is 0 Å². The fourth-order valence-electron chi connectivity index (χ4n) is 5.99. The second kappa shape index (κ2) is 10.00. The number of piperidine rings is 1. The van der Waals surface area contributed by atoms with Gasteiger partial charge in [-0.25, -0.2) is 4.68 Å². The van der Waals surface area contributed by atoms with E-state index in [2.05, 4.69) is 73.3 Å². The first-order valence-electron chi connectivity index (χ1n) is 13.0. The van der Waals surface area contributed by atoms with Crippen molar-refractivity contribution in [2.75, 3.05) is 20.5 Å². The Hall–Kier alpha value is -2.68. The lowest BCUT2D eigenvalue weighted by Crippen LogP contribution is -2.58. The molecule has 0 radical (unpaired) electrons. The number of nitrogens with one attached hydrogen (secondary N) is 1. The molecule has 0 bridgehead atoms. The molecule has 8 heteroatoms. The number of ether oxygens (including phenoxy) is 3. The molecular formula is C28H39N5O3.